The van der Waals surface area contributed by atoms with E-state index < -0.39 is 15.7 Å². The third-order valence-electron chi connectivity index (χ3n) is 3.48. The molecule has 0 atom stereocenters. The maximum atomic E-state index is 12.4. The number of amides is 1. The highest BCUT2D eigenvalue weighted by molar-refractivity contribution is 7.90. The largest absolute Gasteiger partial charge is 0.319 e. The van der Waals surface area contributed by atoms with Crippen LogP contribution in [0.3, 0.4) is 0 Å². The van der Waals surface area contributed by atoms with Gasteiger partial charge < -0.3 is 4.57 Å². The SMILES string of the molecule is Cn1c(=NC(=O)c2cccc(S(C)(=O)=O)c2)sc2cc(Cl)ccc21. The van der Waals surface area contributed by atoms with Crippen molar-refractivity contribution in [3.8, 4) is 0 Å². The van der Waals surface area contributed by atoms with Gasteiger partial charge in [-0.05, 0) is 36.4 Å². The van der Waals surface area contributed by atoms with Crippen LogP contribution in [0.4, 0.5) is 0 Å². The van der Waals surface area contributed by atoms with Gasteiger partial charge in [0.15, 0.2) is 14.6 Å². The van der Waals surface area contributed by atoms with E-state index in [9.17, 15) is 13.2 Å². The average Bonchev–Trinajstić information content (AvgIpc) is 2.82. The van der Waals surface area contributed by atoms with E-state index >= 15 is 0 Å². The highest BCUT2D eigenvalue weighted by Gasteiger charge is 2.12. The van der Waals surface area contributed by atoms with Crippen molar-refractivity contribution in [3.63, 3.8) is 0 Å². The Bertz CT molecular complexity index is 1130. The van der Waals surface area contributed by atoms with E-state index in [1.165, 1.54) is 29.5 Å². The number of nitrogens with zero attached hydrogens (tertiary/aromatic N) is 2. The van der Waals surface area contributed by atoms with E-state index in [4.69, 9.17) is 11.6 Å². The van der Waals surface area contributed by atoms with E-state index in [1.807, 2.05) is 19.2 Å². The van der Waals surface area contributed by atoms with Crippen molar-refractivity contribution >= 4 is 48.9 Å². The maximum absolute atomic E-state index is 12.4. The summed E-state index contributed by atoms with van der Waals surface area (Å²) in [7, 11) is -1.57. The lowest BCUT2D eigenvalue weighted by molar-refractivity contribution is 0.0997. The molecule has 24 heavy (non-hydrogen) atoms. The van der Waals surface area contributed by atoms with Crippen molar-refractivity contribution in [2.45, 2.75) is 4.90 Å². The van der Waals surface area contributed by atoms with Crippen LogP contribution in [0, 0.1) is 0 Å². The lowest BCUT2D eigenvalue weighted by Crippen LogP contribution is -2.13. The topological polar surface area (TPSA) is 68.5 Å². The zero-order chi connectivity index (χ0) is 17.5. The molecule has 0 N–H and O–H groups in total. The van der Waals surface area contributed by atoms with Gasteiger partial charge in [-0.2, -0.15) is 4.99 Å². The number of halogens is 1. The second kappa shape index (κ2) is 6.16. The van der Waals surface area contributed by atoms with Crippen LogP contribution in [-0.4, -0.2) is 25.1 Å². The van der Waals surface area contributed by atoms with Crippen molar-refractivity contribution < 1.29 is 13.2 Å². The molecule has 0 unspecified atom stereocenters. The van der Waals surface area contributed by atoms with Crippen molar-refractivity contribution in [3.05, 3.63) is 57.9 Å². The molecule has 0 spiro atoms. The van der Waals surface area contributed by atoms with Gasteiger partial charge in [-0.1, -0.05) is 29.0 Å². The summed E-state index contributed by atoms with van der Waals surface area (Å²) < 4.78 is 25.9. The highest BCUT2D eigenvalue weighted by Crippen LogP contribution is 2.21. The molecule has 0 saturated heterocycles. The van der Waals surface area contributed by atoms with Crippen LogP contribution in [0.2, 0.25) is 5.02 Å². The first-order valence-electron chi connectivity index (χ1n) is 6.90. The molecular weight excluding hydrogens is 368 g/mol. The van der Waals surface area contributed by atoms with Gasteiger partial charge in [-0.15, -0.1) is 0 Å². The normalized spacial score (nSPS) is 12.7. The van der Waals surface area contributed by atoms with Gasteiger partial charge in [0.2, 0.25) is 0 Å². The molecule has 0 radical (unpaired) electrons. The fraction of sp³-hybridized carbons (Fsp3) is 0.125. The number of hydrogen-bond donors (Lipinski definition) is 0. The Hall–Kier alpha value is -1.96. The highest BCUT2D eigenvalue weighted by atomic mass is 35.5. The number of carbonyl (C=O) groups is 1. The zero-order valence-electron chi connectivity index (χ0n) is 12.9. The van der Waals surface area contributed by atoms with Gasteiger partial charge >= 0.3 is 0 Å². The molecule has 0 fully saturated rings. The van der Waals surface area contributed by atoms with Crippen molar-refractivity contribution in [2.75, 3.05) is 6.26 Å². The maximum Gasteiger partial charge on any atom is 0.279 e. The molecule has 3 rings (SSSR count). The number of benzene rings is 2. The lowest BCUT2D eigenvalue weighted by atomic mass is 10.2. The molecule has 5 nitrogen and oxygen atoms in total. The van der Waals surface area contributed by atoms with Gasteiger partial charge in [0, 0.05) is 23.9 Å². The number of carbonyl (C=O) groups excluding carboxylic acids is 1. The third kappa shape index (κ3) is 3.28. The monoisotopic (exact) mass is 380 g/mol. The lowest BCUT2D eigenvalue weighted by Gasteiger charge is -2.00. The van der Waals surface area contributed by atoms with E-state index in [0.717, 1.165) is 16.5 Å². The number of thiazole rings is 1. The van der Waals surface area contributed by atoms with Crippen LogP contribution in [0.5, 0.6) is 0 Å². The Morgan fingerprint density at radius 2 is 1.96 bits per heavy atom. The molecule has 0 bridgehead atoms. The summed E-state index contributed by atoms with van der Waals surface area (Å²) >= 11 is 7.33. The molecule has 0 saturated carbocycles. The zero-order valence-corrected chi connectivity index (χ0v) is 15.2. The third-order valence-corrected chi connectivity index (χ3v) is 5.92. The minimum atomic E-state index is -3.38. The molecule has 1 aromatic heterocycles. The van der Waals surface area contributed by atoms with Crippen LogP contribution < -0.4 is 4.80 Å². The quantitative estimate of drug-likeness (QED) is 0.686. The van der Waals surface area contributed by atoms with Gasteiger partial charge in [-0.25, -0.2) is 8.42 Å². The Morgan fingerprint density at radius 3 is 2.67 bits per heavy atom. The first-order chi connectivity index (χ1) is 11.3. The molecule has 124 valence electrons. The summed E-state index contributed by atoms with van der Waals surface area (Å²) in [5.74, 6) is -0.492. The predicted molar refractivity (Wildman–Crippen MR) is 95.3 cm³/mol. The number of sulfone groups is 1. The van der Waals surface area contributed by atoms with Crippen molar-refractivity contribution in [1.82, 2.24) is 4.57 Å². The van der Waals surface area contributed by atoms with E-state index in [-0.39, 0.29) is 10.5 Å². The van der Waals surface area contributed by atoms with Crippen LogP contribution in [0.1, 0.15) is 10.4 Å². The second-order valence-electron chi connectivity index (χ2n) is 5.27. The molecular formula is C16H13ClN2O3S2. The number of aryl methyl sites for hydroxylation is 1. The van der Waals surface area contributed by atoms with Gasteiger partial charge in [0.1, 0.15) is 0 Å². The fourth-order valence-corrected chi connectivity index (χ4v) is 4.19. The standard InChI is InChI=1S/C16H13ClN2O3S2/c1-19-13-7-6-11(17)9-14(13)23-16(19)18-15(20)10-4-3-5-12(8-10)24(2,21)22/h3-9H,1-2H3. The number of fused-ring (bicyclic) bond motifs is 1. The molecule has 0 aliphatic carbocycles. The Labute approximate surface area is 147 Å². The molecule has 3 aromatic rings. The summed E-state index contributed by atoms with van der Waals surface area (Å²) in [5, 5.41) is 0.614. The molecule has 1 amide bonds. The van der Waals surface area contributed by atoms with E-state index in [0.29, 0.717) is 9.82 Å². The summed E-state index contributed by atoms with van der Waals surface area (Å²) in [4.78, 5) is 17.1. The summed E-state index contributed by atoms with van der Waals surface area (Å²) in [6.45, 7) is 0. The van der Waals surface area contributed by atoms with Gasteiger partial charge in [-0.3, -0.25) is 4.79 Å². The summed E-state index contributed by atoms with van der Waals surface area (Å²) in [5.41, 5.74) is 1.15. The molecule has 8 heteroatoms. The first kappa shape index (κ1) is 16.9. The summed E-state index contributed by atoms with van der Waals surface area (Å²) in [6.07, 6.45) is 1.10. The van der Waals surface area contributed by atoms with Crippen molar-refractivity contribution in [2.24, 2.45) is 12.0 Å². The number of hydrogen-bond acceptors (Lipinski definition) is 4. The molecule has 2 aromatic carbocycles. The Morgan fingerprint density at radius 1 is 1.21 bits per heavy atom. The van der Waals surface area contributed by atoms with E-state index in [2.05, 4.69) is 4.99 Å². The van der Waals surface area contributed by atoms with Crippen LogP contribution in [0.15, 0.2) is 52.4 Å². The minimum absolute atomic E-state index is 0.0936. The fourth-order valence-electron chi connectivity index (χ4n) is 2.23. The molecule has 1 heterocycles. The Balaban J connectivity index is 2.09. The van der Waals surface area contributed by atoms with Crippen LogP contribution in [-0.2, 0) is 16.9 Å². The van der Waals surface area contributed by atoms with E-state index in [1.54, 1.807) is 16.7 Å². The Kier molecular flexibility index (Phi) is 4.33. The van der Waals surface area contributed by atoms with Crippen LogP contribution >= 0.6 is 22.9 Å². The second-order valence-corrected chi connectivity index (χ2v) is 8.73. The first-order valence-corrected chi connectivity index (χ1v) is 9.98. The van der Waals surface area contributed by atoms with Crippen LogP contribution in [0.25, 0.3) is 10.2 Å². The average molecular weight is 381 g/mol. The predicted octanol–water partition coefficient (Wildman–Crippen LogP) is 3.04. The summed E-state index contributed by atoms with van der Waals surface area (Å²) in [6, 6.07) is 11.3. The smallest absolute Gasteiger partial charge is 0.279 e. The number of aromatic nitrogens is 1. The minimum Gasteiger partial charge on any atom is -0.319 e. The molecule has 0 aliphatic heterocycles. The van der Waals surface area contributed by atoms with Gasteiger partial charge in [0.05, 0.1) is 15.1 Å². The number of rotatable bonds is 2. The molecule has 0 aliphatic rings. The van der Waals surface area contributed by atoms with Crippen molar-refractivity contribution in [1.29, 1.82) is 0 Å². The van der Waals surface area contributed by atoms with Gasteiger partial charge in [0.25, 0.3) is 5.91 Å².